The highest BCUT2D eigenvalue weighted by molar-refractivity contribution is 5.45. The van der Waals surface area contributed by atoms with E-state index in [9.17, 15) is 4.79 Å². The molecule has 1 aromatic rings. The molecule has 18 heavy (non-hydrogen) atoms. The quantitative estimate of drug-likeness (QED) is 0.818. The van der Waals surface area contributed by atoms with E-state index in [1.165, 1.54) is 12.8 Å². The van der Waals surface area contributed by atoms with Crippen molar-refractivity contribution in [2.24, 2.45) is 11.7 Å². The third-order valence-electron chi connectivity index (χ3n) is 4.40. The van der Waals surface area contributed by atoms with Gasteiger partial charge in [0.15, 0.2) is 0 Å². The first-order valence-corrected chi connectivity index (χ1v) is 6.79. The van der Waals surface area contributed by atoms with E-state index in [-0.39, 0.29) is 11.1 Å². The highest BCUT2D eigenvalue weighted by Gasteiger charge is 2.50. The summed E-state index contributed by atoms with van der Waals surface area (Å²) in [6, 6.07) is 1.60. The van der Waals surface area contributed by atoms with Gasteiger partial charge in [0.2, 0.25) is 0 Å². The van der Waals surface area contributed by atoms with Gasteiger partial charge in [-0.05, 0) is 31.6 Å². The zero-order valence-corrected chi connectivity index (χ0v) is 10.4. The van der Waals surface area contributed by atoms with Crippen molar-refractivity contribution in [2.75, 3.05) is 18.0 Å². The minimum Gasteiger partial charge on any atom is -0.353 e. The summed E-state index contributed by atoms with van der Waals surface area (Å²) in [6.07, 6.45) is 4.82. The van der Waals surface area contributed by atoms with Crippen LogP contribution in [0.1, 0.15) is 37.4 Å². The lowest BCUT2D eigenvalue weighted by molar-refractivity contribution is 0.289. The minimum absolute atomic E-state index is 0.0238. The van der Waals surface area contributed by atoms with Crippen LogP contribution in [0.4, 0.5) is 5.82 Å². The van der Waals surface area contributed by atoms with E-state index in [0.29, 0.717) is 11.8 Å². The summed E-state index contributed by atoms with van der Waals surface area (Å²) in [7, 11) is 0. The van der Waals surface area contributed by atoms with Crippen LogP contribution in [0.25, 0.3) is 0 Å². The van der Waals surface area contributed by atoms with Crippen molar-refractivity contribution >= 4 is 5.82 Å². The maximum Gasteiger partial charge on any atom is 0.252 e. The van der Waals surface area contributed by atoms with Crippen LogP contribution in [0.5, 0.6) is 0 Å². The second-order valence-corrected chi connectivity index (χ2v) is 6.13. The lowest BCUT2D eigenvalue weighted by Gasteiger charge is -2.48. The van der Waals surface area contributed by atoms with Crippen molar-refractivity contribution in [3.05, 3.63) is 22.2 Å². The molecule has 3 fully saturated rings. The molecule has 0 spiro atoms. The van der Waals surface area contributed by atoms with Gasteiger partial charge in [-0.25, -0.2) is 4.98 Å². The first-order chi connectivity index (χ1) is 8.64. The van der Waals surface area contributed by atoms with Crippen LogP contribution in [0.15, 0.2) is 10.9 Å². The van der Waals surface area contributed by atoms with E-state index in [4.69, 9.17) is 5.73 Å². The Balaban J connectivity index is 1.56. The third-order valence-corrected chi connectivity index (χ3v) is 4.40. The van der Waals surface area contributed by atoms with Gasteiger partial charge in [0.1, 0.15) is 11.6 Å². The summed E-state index contributed by atoms with van der Waals surface area (Å²) in [5, 5.41) is 0. The largest absolute Gasteiger partial charge is 0.353 e. The summed E-state index contributed by atoms with van der Waals surface area (Å²) >= 11 is 0. The molecule has 1 aliphatic heterocycles. The zero-order valence-electron chi connectivity index (χ0n) is 10.4. The molecule has 0 amide bonds. The molecule has 5 heteroatoms. The van der Waals surface area contributed by atoms with Gasteiger partial charge in [-0.2, -0.15) is 0 Å². The Hall–Kier alpha value is -1.36. The Labute approximate surface area is 105 Å². The average molecular weight is 246 g/mol. The van der Waals surface area contributed by atoms with E-state index in [1.807, 2.05) is 0 Å². The Morgan fingerprint density at radius 2 is 2.06 bits per heavy atom. The van der Waals surface area contributed by atoms with Crippen molar-refractivity contribution in [3.8, 4) is 0 Å². The number of anilines is 1. The first kappa shape index (κ1) is 10.6. The molecule has 3 aliphatic rings. The highest BCUT2D eigenvalue weighted by atomic mass is 16.1. The van der Waals surface area contributed by atoms with E-state index < -0.39 is 0 Å². The molecule has 2 aliphatic carbocycles. The first-order valence-electron chi connectivity index (χ1n) is 6.79. The average Bonchev–Trinajstić information content (AvgIpc) is 3.17. The molecular formula is C13H18N4O. The molecule has 2 saturated carbocycles. The van der Waals surface area contributed by atoms with Crippen molar-refractivity contribution in [2.45, 2.75) is 37.1 Å². The standard InChI is InChI=1S/C13H18N4O/c14-13(9-3-4-9)6-17(7-13)10-5-11(18)16-12(15-10)8-1-2-8/h5,8-9H,1-4,6-7,14H2,(H,15,16,18). The number of aromatic amines is 1. The van der Waals surface area contributed by atoms with Crippen molar-refractivity contribution in [1.82, 2.24) is 9.97 Å². The maximum atomic E-state index is 11.6. The number of aromatic nitrogens is 2. The second-order valence-electron chi connectivity index (χ2n) is 6.13. The van der Waals surface area contributed by atoms with Crippen LogP contribution < -0.4 is 16.2 Å². The molecule has 0 radical (unpaired) electrons. The van der Waals surface area contributed by atoms with E-state index in [0.717, 1.165) is 37.6 Å². The zero-order chi connectivity index (χ0) is 12.3. The smallest absolute Gasteiger partial charge is 0.252 e. The Morgan fingerprint density at radius 1 is 1.33 bits per heavy atom. The number of nitrogens with one attached hydrogen (secondary N) is 1. The van der Waals surface area contributed by atoms with Gasteiger partial charge in [-0.1, -0.05) is 0 Å². The molecule has 0 aromatic carbocycles. The van der Waals surface area contributed by atoms with Gasteiger partial charge < -0.3 is 15.6 Å². The van der Waals surface area contributed by atoms with Crippen molar-refractivity contribution in [1.29, 1.82) is 0 Å². The molecule has 96 valence electrons. The van der Waals surface area contributed by atoms with Gasteiger partial charge in [0, 0.05) is 25.1 Å². The Kier molecular flexibility index (Phi) is 1.96. The van der Waals surface area contributed by atoms with E-state index in [1.54, 1.807) is 6.07 Å². The van der Waals surface area contributed by atoms with E-state index in [2.05, 4.69) is 14.9 Å². The summed E-state index contributed by atoms with van der Waals surface area (Å²) in [6.45, 7) is 1.69. The number of hydrogen-bond acceptors (Lipinski definition) is 4. The maximum absolute atomic E-state index is 11.6. The molecule has 0 unspecified atom stereocenters. The topological polar surface area (TPSA) is 75.0 Å². The predicted molar refractivity (Wildman–Crippen MR) is 68.7 cm³/mol. The minimum atomic E-state index is -0.0390. The fourth-order valence-electron chi connectivity index (χ4n) is 2.92. The molecule has 0 atom stereocenters. The van der Waals surface area contributed by atoms with Crippen LogP contribution in [0, 0.1) is 5.92 Å². The van der Waals surface area contributed by atoms with Crippen molar-refractivity contribution in [3.63, 3.8) is 0 Å². The fraction of sp³-hybridized carbons (Fsp3) is 0.692. The van der Waals surface area contributed by atoms with Gasteiger partial charge >= 0.3 is 0 Å². The number of H-pyrrole nitrogens is 1. The monoisotopic (exact) mass is 246 g/mol. The number of nitrogens with zero attached hydrogens (tertiary/aromatic N) is 2. The third kappa shape index (κ3) is 1.65. The highest BCUT2D eigenvalue weighted by Crippen LogP contribution is 2.44. The second kappa shape index (κ2) is 3.35. The predicted octanol–water partition coefficient (Wildman–Crippen LogP) is 0.575. The summed E-state index contributed by atoms with van der Waals surface area (Å²) in [4.78, 5) is 21.2. The SMILES string of the molecule is NC1(C2CC2)CN(c2cc(=O)[nH]c(C3CC3)n2)C1. The normalized spacial score (nSPS) is 25.9. The molecule has 0 bridgehead atoms. The number of rotatable bonds is 3. The molecule has 4 rings (SSSR count). The van der Waals surface area contributed by atoms with E-state index >= 15 is 0 Å². The van der Waals surface area contributed by atoms with Gasteiger partial charge in [0.25, 0.3) is 5.56 Å². The van der Waals surface area contributed by atoms with Gasteiger partial charge in [0.05, 0.1) is 5.54 Å². The van der Waals surface area contributed by atoms with Crippen LogP contribution in [0.3, 0.4) is 0 Å². The van der Waals surface area contributed by atoms with Crippen molar-refractivity contribution < 1.29 is 0 Å². The Morgan fingerprint density at radius 3 is 2.67 bits per heavy atom. The lowest BCUT2D eigenvalue weighted by atomic mass is 9.86. The molecule has 2 heterocycles. The molecule has 5 nitrogen and oxygen atoms in total. The summed E-state index contributed by atoms with van der Waals surface area (Å²) in [5.74, 6) is 2.84. The summed E-state index contributed by atoms with van der Waals surface area (Å²) in [5.41, 5.74) is 6.27. The van der Waals surface area contributed by atoms with Crippen LogP contribution in [-0.4, -0.2) is 28.6 Å². The number of nitrogens with two attached hydrogens (primary N) is 1. The summed E-state index contributed by atoms with van der Waals surface area (Å²) < 4.78 is 0. The van der Waals surface area contributed by atoms with Crippen LogP contribution >= 0.6 is 0 Å². The van der Waals surface area contributed by atoms with Gasteiger partial charge in [-0.3, -0.25) is 4.79 Å². The molecular weight excluding hydrogens is 228 g/mol. The fourth-order valence-corrected chi connectivity index (χ4v) is 2.92. The van der Waals surface area contributed by atoms with Crippen LogP contribution in [-0.2, 0) is 0 Å². The molecule has 3 N–H and O–H groups in total. The lowest BCUT2D eigenvalue weighted by Crippen LogP contribution is -2.69. The molecule has 1 aromatic heterocycles. The number of hydrogen-bond donors (Lipinski definition) is 2. The molecule has 1 saturated heterocycles. The van der Waals surface area contributed by atoms with Crippen LogP contribution in [0.2, 0.25) is 0 Å². The van der Waals surface area contributed by atoms with Gasteiger partial charge in [-0.15, -0.1) is 0 Å². The Bertz CT molecular complexity index is 538.